The van der Waals surface area contributed by atoms with Crippen LogP contribution < -0.4 is 10.7 Å². The van der Waals surface area contributed by atoms with Gasteiger partial charge in [-0.25, -0.2) is 5.43 Å². The summed E-state index contributed by atoms with van der Waals surface area (Å²) in [4.78, 5) is 0. The Morgan fingerprint density at radius 1 is 1.38 bits per heavy atom. The zero-order valence-electron chi connectivity index (χ0n) is 14.5. The number of benzene rings is 1. The highest BCUT2D eigenvalue weighted by molar-refractivity contribution is 5.97. The van der Waals surface area contributed by atoms with Gasteiger partial charge in [0.05, 0.1) is 18.5 Å². The summed E-state index contributed by atoms with van der Waals surface area (Å²) >= 11 is 0. The van der Waals surface area contributed by atoms with Gasteiger partial charge in [-0.2, -0.15) is 5.26 Å². The van der Waals surface area contributed by atoms with E-state index in [0.717, 1.165) is 11.3 Å². The van der Waals surface area contributed by atoms with E-state index >= 15 is 0 Å². The second-order valence-corrected chi connectivity index (χ2v) is 6.28. The number of amidine groups is 1. The van der Waals surface area contributed by atoms with Crippen molar-refractivity contribution in [3.8, 4) is 6.07 Å². The normalized spacial score (nSPS) is 16.5. The van der Waals surface area contributed by atoms with Gasteiger partial charge in [-0.3, -0.25) is 5.41 Å². The molecule has 5 heteroatoms. The predicted octanol–water partition coefficient (Wildman–Crippen LogP) is 3.37. The predicted molar refractivity (Wildman–Crippen MR) is 97.0 cm³/mol. The molecule has 1 atom stereocenters. The number of hydrazine groups is 1. The van der Waals surface area contributed by atoms with Crippen LogP contribution in [-0.4, -0.2) is 23.9 Å². The van der Waals surface area contributed by atoms with Crippen LogP contribution in [0.3, 0.4) is 0 Å². The van der Waals surface area contributed by atoms with E-state index in [2.05, 4.69) is 16.8 Å². The van der Waals surface area contributed by atoms with E-state index in [0.29, 0.717) is 18.2 Å². The number of hydrogen-bond acceptors (Lipinski definition) is 4. The summed E-state index contributed by atoms with van der Waals surface area (Å²) in [6, 6.07) is 12.1. The first kappa shape index (κ1) is 18.0. The molecular weight excluding hydrogens is 298 g/mol. The summed E-state index contributed by atoms with van der Waals surface area (Å²) < 4.78 is 0. The van der Waals surface area contributed by atoms with Crippen molar-refractivity contribution >= 4 is 5.84 Å². The van der Waals surface area contributed by atoms with Crippen LogP contribution in [0.1, 0.15) is 44.6 Å². The van der Waals surface area contributed by atoms with Crippen molar-refractivity contribution in [2.75, 3.05) is 7.05 Å². The minimum absolute atomic E-state index is 0.171. The molecule has 128 valence electrons. The molecule has 1 aliphatic carbocycles. The minimum Gasteiger partial charge on any atom is -0.343 e. The van der Waals surface area contributed by atoms with Crippen LogP contribution in [-0.2, 0) is 0 Å². The van der Waals surface area contributed by atoms with Gasteiger partial charge in [0.15, 0.2) is 0 Å². The first-order valence-electron chi connectivity index (χ1n) is 8.57. The van der Waals surface area contributed by atoms with Crippen LogP contribution >= 0.6 is 0 Å². The molecule has 0 amide bonds. The van der Waals surface area contributed by atoms with Crippen LogP contribution in [0.15, 0.2) is 42.2 Å². The zero-order valence-corrected chi connectivity index (χ0v) is 14.5. The molecule has 24 heavy (non-hydrogen) atoms. The molecule has 1 aromatic carbocycles. The van der Waals surface area contributed by atoms with Crippen LogP contribution in [0.25, 0.3) is 0 Å². The van der Waals surface area contributed by atoms with Gasteiger partial charge in [-0.05, 0) is 25.7 Å². The Hall–Kier alpha value is -2.32. The fourth-order valence-electron chi connectivity index (χ4n) is 3.37. The lowest BCUT2D eigenvalue weighted by atomic mass is 9.95. The first-order chi connectivity index (χ1) is 11.7. The van der Waals surface area contributed by atoms with Gasteiger partial charge in [0, 0.05) is 24.5 Å². The summed E-state index contributed by atoms with van der Waals surface area (Å²) in [5.41, 5.74) is 4.93. The highest BCUT2D eigenvalue weighted by Crippen LogP contribution is 2.31. The smallest absolute Gasteiger partial charge is 0.129 e. The van der Waals surface area contributed by atoms with Gasteiger partial charge in [-0.1, -0.05) is 43.2 Å². The highest BCUT2D eigenvalue weighted by Gasteiger charge is 2.28. The topological polar surface area (TPSA) is 74.9 Å². The first-order valence-corrected chi connectivity index (χ1v) is 8.57. The van der Waals surface area contributed by atoms with Crippen molar-refractivity contribution in [3.05, 3.63) is 47.8 Å². The number of allylic oxidation sites excluding steroid dienone is 1. The van der Waals surface area contributed by atoms with Gasteiger partial charge in [-0.15, -0.1) is 0 Å². The zero-order chi connectivity index (χ0) is 17.4. The van der Waals surface area contributed by atoms with Gasteiger partial charge < -0.3 is 10.3 Å². The van der Waals surface area contributed by atoms with E-state index in [9.17, 15) is 5.26 Å². The molecule has 1 unspecified atom stereocenters. The molecule has 1 saturated carbocycles. The molecule has 0 heterocycles. The van der Waals surface area contributed by atoms with Crippen LogP contribution in [0, 0.1) is 22.7 Å². The van der Waals surface area contributed by atoms with Gasteiger partial charge in [0.2, 0.25) is 0 Å². The molecule has 0 radical (unpaired) electrons. The van der Waals surface area contributed by atoms with Crippen LogP contribution in [0.4, 0.5) is 0 Å². The fourth-order valence-corrected chi connectivity index (χ4v) is 3.37. The highest BCUT2D eigenvalue weighted by atomic mass is 15.5. The minimum atomic E-state index is 0.171. The second kappa shape index (κ2) is 9.09. The van der Waals surface area contributed by atoms with Crippen molar-refractivity contribution < 1.29 is 0 Å². The van der Waals surface area contributed by atoms with E-state index in [-0.39, 0.29) is 6.04 Å². The maximum absolute atomic E-state index is 9.19. The van der Waals surface area contributed by atoms with Gasteiger partial charge in [0.1, 0.15) is 5.84 Å². The molecule has 3 N–H and O–H groups in total. The lowest BCUT2D eigenvalue weighted by Crippen LogP contribution is -2.44. The van der Waals surface area contributed by atoms with Crippen molar-refractivity contribution in [3.63, 3.8) is 0 Å². The number of nitrogens with one attached hydrogen (secondary N) is 3. The molecule has 5 nitrogen and oxygen atoms in total. The van der Waals surface area contributed by atoms with E-state index in [1.165, 1.54) is 25.7 Å². The number of rotatable bonds is 7. The van der Waals surface area contributed by atoms with Crippen molar-refractivity contribution in [2.45, 2.75) is 45.1 Å². The Kier molecular flexibility index (Phi) is 6.83. The summed E-state index contributed by atoms with van der Waals surface area (Å²) in [5.74, 6) is 0.924. The molecule has 0 saturated heterocycles. The van der Waals surface area contributed by atoms with E-state index in [4.69, 9.17) is 5.41 Å². The van der Waals surface area contributed by atoms with E-state index in [1.54, 1.807) is 0 Å². The third-order valence-corrected chi connectivity index (χ3v) is 4.58. The molecule has 1 fully saturated rings. The summed E-state index contributed by atoms with van der Waals surface area (Å²) in [7, 11) is 1.88. The molecule has 1 aliphatic rings. The fraction of sp³-hybridized carbons (Fsp3) is 0.474. The van der Waals surface area contributed by atoms with Crippen LogP contribution in [0.2, 0.25) is 0 Å². The summed E-state index contributed by atoms with van der Waals surface area (Å²) in [6.45, 7) is 1.94. The number of hydrogen-bond donors (Lipinski definition) is 3. The Morgan fingerprint density at radius 3 is 2.62 bits per heavy atom. The Labute approximate surface area is 144 Å². The monoisotopic (exact) mass is 325 g/mol. The molecule has 2 rings (SSSR count). The standard InChI is InChI=1S/C19H27N5/c1-15(23-19(21)17-10-4-3-5-11-17)14-24(22-2)18(12-13-20)16-8-6-7-9-16/h3-5,10-11,14,16,18,22H,6-9,12H2,1-2H3,(H2,21,23)/b15-14+. The van der Waals surface area contributed by atoms with Gasteiger partial charge >= 0.3 is 0 Å². The third-order valence-electron chi connectivity index (χ3n) is 4.58. The van der Waals surface area contributed by atoms with Crippen molar-refractivity contribution in [2.24, 2.45) is 5.92 Å². The Bertz CT molecular complexity index is 596. The largest absolute Gasteiger partial charge is 0.343 e. The second-order valence-electron chi connectivity index (χ2n) is 6.28. The molecule has 0 aromatic heterocycles. The van der Waals surface area contributed by atoms with Crippen LogP contribution in [0.5, 0.6) is 0 Å². The van der Waals surface area contributed by atoms with E-state index < -0.39 is 0 Å². The molecule has 0 aliphatic heterocycles. The van der Waals surface area contributed by atoms with Gasteiger partial charge in [0.25, 0.3) is 0 Å². The molecule has 0 spiro atoms. The van der Waals surface area contributed by atoms with E-state index in [1.807, 2.05) is 55.5 Å². The Morgan fingerprint density at radius 2 is 2.04 bits per heavy atom. The summed E-state index contributed by atoms with van der Waals surface area (Å²) in [5, 5.41) is 22.5. The third kappa shape index (κ3) is 4.84. The number of nitrogens with zero attached hydrogens (tertiary/aromatic N) is 2. The molecule has 0 bridgehead atoms. The molecule has 1 aromatic rings. The SMILES string of the molecule is CNN(/C=C(\C)NC(=N)c1ccccc1)C(CC#N)C1CCCC1. The maximum atomic E-state index is 9.19. The average molecular weight is 325 g/mol. The van der Waals surface area contributed by atoms with Crippen molar-refractivity contribution in [1.82, 2.24) is 15.8 Å². The quantitative estimate of drug-likeness (QED) is 0.408. The Balaban J connectivity index is 2.06. The summed E-state index contributed by atoms with van der Waals surface area (Å²) in [6.07, 6.45) is 7.35. The molecular formula is C19H27N5. The average Bonchev–Trinajstić information content (AvgIpc) is 3.13. The lowest BCUT2D eigenvalue weighted by molar-refractivity contribution is 0.156. The lowest BCUT2D eigenvalue weighted by Gasteiger charge is -2.33. The number of nitriles is 1. The van der Waals surface area contributed by atoms with Crippen molar-refractivity contribution in [1.29, 1.82) is 10.7 Å². The maximum Gasteiger partial charge on any atom is 0.129 e.